The lowest BCUT2D eigenvalue weighted by Crippen LogP contribution is -2.35. The van der Waals surface area contributed by atoms with E-state index in [0.717, 1.165) is 35.4 Å². The third kappa shape index (κ3) is 4.30. The summed E-state index contributed by atoms with van der Waals surface area (Å²) in [7, 11) is 1.57. The number of fused-ring (bicyclic) bond motifs is 1. The minimum atomic E-state index is -0.187. The summed E-state index contributed by atoms with van der Waals surface area (Å²) in [5.74, 6) is 1.52. The number of rotatable bonds is 7. The normalized spacial score (nSPS) is 10.7. The monoisotopic (exact) mass is 353 g/mol. The number of aryl methyl sites for hydroxylation is 2. The molecule has 0 spiro atoms. The van der Waals surface area contributed by atoms with Gasteiger partial charge in [-0.05, 0) is 37.1 Å². The van der Waals surface area contributed by atoms with Crippen LogP contribution in [0.3, 0.4) is 0 Å². The summed E-state index contributed by atoms with van der Waals surface area (Å²) < 4.78 is 7.25. The van der Waals surface area contributed by atoms with Crippen LogP contribution in [-0.2, 0) is 13.1 Å². The van der Waals surface area contributed by atoms with Crippen LogP contribution in [-0.4, -0.2) is 34.2 Å². The molecule has 0 aliphatic carbocycles. The number of ether oxygens (including phenoxy) is 1. The van der Waals surface area contributed by atoms with Gasteiger partial charge in [0.2, 0.25) is 5.88 Å². The summed E-state index contributed by atoms with van der Waals surface area (Å²) in [6.07, 6.45) is 2.49. The van der Waals surface area contributed by atoms with Gasteiger partial charge in [-0.2, -0.15) is 0 Å². The van der Waals surface area contributed by atoms with Crippen molar-refractivity contribution >= 4 is 17.1 Å². The first-order valence-corrected chi connectivity index (χ1v) is 8.60. The minimum absolute atomic E-state index is 0.187. The van der Waals surface area contributed by atoms with Crippen LogP contribution in [0.15, 0.2) is 42.6 Å². The topological polar surface area (TPSA) is 81.1 Å². The Hall–Kier alpha value is -3.09. The van der Waals surface area contributed by atoms with Crippen molar-refractivity contribution in [3.63, 3.8) is 0 Å². The number of carbonyl (C=O) groups is 1. The second kappa shape index (κ2) is 8.33. The van der Waals surface area contributed by atoms with Crippen molar-refractivity contribution in [2.75, 3.05) is 13.7 Å². The molecule has 7 nitrogen and oxygen atoms in total. The molecular formula is C19H23N5O2. The van der Waals surface area contributed by atoms with Crippen molar-refractivity contribution < 1.29 is 9.53 Å². The Balaban J connectivity index is 1.43. The smallest absolute Gasteiger partial charge is 0.315 e. The number of carbonyl (C=O) groups excluding carboxylic acids is 1. The Bertz CT molecular complexity index is 891. The SMILES string of the molecule is COc1cc(CNC(=O)NCCCn2c(C)nc3ccccc32)ccn1. The summed E-state index contributed by atoms with van der Waals surface area (Å²) in [5, 5.41) is 5.71. The Morgan fingerprint density at radius 1 is 1.23 bits per heavy atom. The van der Waals surface area contributed by atoms with Crippen LogP contribution in [0.4, 0.5) is 4.79 Å². The lowest BCUT2D eigenvalue weighted by molar-refractivity contribution is 0.240. The van der Waals surface area contributed by atoms with Crippen molar-refractivity contribution in [1.82, 2.24) is 25.2 Å². The van der Waals surface area contributed by atoms with Crippen molar-refractivity contribution in [1.29, 1.82) is 0 Å². The predicted octanol–water partition coefficient (Wildman–Crippen LogP) is 2.64. The zero-order valence-corrected chi connectivity index (χ0v) is 15.0. The van der Waals surface area contributed by atoms with Crippen LogP contribution in [0, 0.1) is 6.92 Å². The van der Waals surface area contributed by atoms with Crippen LogP contribution in [0.2, 0.25) is 0 Å². The van der Waals surface area contributed by atoms with Gasteiger partial charge >= 0.3 is 6.03 Å². The second-order valence-electron chi connectivity index (χ2n) is 5.97. The van der Waals surface area contributed by atoms with Crippen molar-refractivity contribution in [2.24, 2.45) is 0 Å². The quantitative estimate of drug-likeness (QED) is 0.640. The largest absolute Gasteiger partial charge is 0.481 e. The molecule has 0 aliphatic rings. The van der Waals surface area contributed by atoms with E-state index in [0.29, 0.717) is 19.0 Å². The number of hydrogen-bond donors (Lipinski definition) is 2. The third-order valence-electron chi connectivity index (χ3n) is 4.15. The first-order valence-electron chi connectivity index (χ1n) is 8.60. The molecule has 0 fully saturated rings. The Labute approximate surface area is 152 Å². The summed E-state index contributed by atoms with van der Waals surface area (Å²) in [5.41, 5.74) is 3.07. The molecule has 136 valence electrons. The number of aromatic nitrogens is 3. The fourth-order valence-corrected chi connectivity index (χ4v) is 2.83. The highest BCUT2D eigenvalue weighted by Crippen LogP contribution is 2.15. The number of hydrogen-bond acceptors (Lipinski definition) is 4. The number of benzene rings is 1. The zero-order chi connectivity index (χ0) is 18.4. The molecule has 2 heterocycles. The number of nitrogens with one attached hydrogen (secondary N) is 2. The molecule has 7 heteroatoms. The van der Waals surface area contributed by atoms with Gasteiger partial charge < -0.3 is 19.9 Å². The van der Waals surface area contributed by atoms with Crippen molar-refractivity contribution in [2.45, 2.75) is 26.4 Å². The van der Waals surface area contributed by atoms with Gasteiger partial charge in [0.15, 0.2) is 0 Å². The van der Waals surface area contributed by atoms with E-state index in [-0.39, 0.29) is 6.03 Å². The number of amides is 2. The van der Waals surface area contributed by atoms with E-state index in [1.165, 1.54) is 0 Å². The summed E-state index contributed by atoms with van der Waals surface area (Å²) in [4.78, 5) is 20.5. The molecule has 0 unspecified atom stereocenters. The van der Waals surface area contributed by atoms with E-state index < -0.39 is 0 Å². The van der Waals surface area contributed by atoms with E-state index in [2.05, 4.69) is 31.2 Å². The highest BCUT2D eigenvalue weighted by molar-refractivity contribution is 5.76. The molecule has 0 aliphatic heterocycles. The van der Waals surface area contributed by atoms with Gasteiger partial charge in [-0.1, -0.05) is 12.1 Å². The van der Waals surface area contributed by atoms with E-state index in [4.69, 9.17) is 4.74 Å². The highest BCUT2D eigenvalue weighted by atomic mass is 16.5. The van der Waals surface area contributed by atoms with Gasteiger partial charge in [-0.25, -0.2) is 14.8 Å². The molecule has 3 rings (SSSR count). The average Bonchev–Trinajstić information content (AvgIpc) is 2.99. The summed E-state index contributed by atoms with van der Waals surface area (Å²) in [6.45, 7) is 3.84. The number of urea groups is 1. The van der Waals surface area contributed by atoms with Crippen LogP contribution in [0.1, 0.15) is 17.8 Å². The third-order valence-corrected chi connectivity index (χ3v) is 4.15. The molecular weight excluding hydrogens is 330 g/mol. The molecule has 0 atom stereocenters. The fraction of sp³-hybridized carbons (Fsp3) is 0.316. The number of nitrogens with zero attached hydrogens (tertiary/aromatic N) is 3. The lowest BCUT2D eigenvalue weighted by Gasteiger charge is -2.10. The Kier molecular flexibility index (Phi) is 5.68. The van der Waals surface area contributed by atoms with Gasteiger partial charge in [-0.3, -0.25) is 0 Å². The van der Waals surface area contributed by atoms with Gasteiger partial charge in [0.05, 0.1) is 18.1 Å². The number of imidazole rings is 1. The number of methoxy groups -OCH3 is 1. The van der Waals surface area contributed by atoms with Crippen LogP contribution in [0.5, 0.6) is 5.88 Å². The van der Waals surface area contributed by atoms with Gasteiger partial charge in [0, 0.05) is 31.9 Å². The standard InChI is InChI=1S/C19H23N5O2/c1-14-23-16-6-3-4-7-17(16)24(14)11-5-9-21-19(25)22-13-15-8-10-20-18(12-15)26-2/h3-4,6-8,10,12H,5,9,11,13H2,1-2H3,(H2,21,22,25). The van der Waals surface area contributed by atoms with Crippen LogP contribution in [0.25, 0.3) is 11.0 Å². The number of para-hydroxylation sites is 2. The molecule has 2 aromatic heterocycles. The molecule has 0 radical (unpaired) electrons. The molecule has 2 amide bonds. The molecule has 0 bridgehead atoms. The molecule has 0 saturated heterocycles. The van der Waals surface area contributed by atoms with Crippen LogP contribution >= 0.6 is 0 Å². The summed E-state index contributed by atoms with van der Waals surface area (Å²) >= 11 is 0. The van der Waals surface area contributed by atoms with E-state index >= 15 is 0 Å². The first kappa shape index (κ1) is 17.7. The zero-order valence-electron chi connectivity index (χ0n) is 15.0. The van der Waals surface area contributed by atoms with Gasteiger partial charge in [-0.15, -0.1) is 0 Å². The van der Waals surface area contributed by atoms with E-state index in [1.807, 2.05) is 31.2 Å². The van der Waals surface area contributed by atoms with Gasteiger partial charge in [0.1, 0.15) is 5.82 Å². The van der Waals surface area contributed by atoms with E-state index in [1.54, 1.807) is 19.4 Å². The van der Waals surface area contributed by atoms with E-state index in [9.17, 15) is 4.79 Å². The number of pyridine rings is 1. The highest BCUT2D eigenvalue weighted by Gasteiger charge is 2.06. The van der Waals surface area contributed by atoms with Crippen molar-refractivity contribution in [3.8, 4) is 5.88 Å². The Morgan fingerprint density at radius 2 is 2.08 bits per heavy atom. The van der Waals surface area contributed by atoms with Crippen molar-refractivity contribution in [3.05, 3.63) is 54.0 Å². The summed E-state index contributed by atoms with van der Waals surface area (Å²) in [6, 6.07) is 11.5. The molecule has 26 heavy (non-hydrogen) atoms. The maximum absolute atomic E-state index is 11.9. The molecule has 3 aromatic rings. The van der Waals surface area contributed by atoms with Gasteiger partial charge in [0.25, 0.3) is 0 Å². The van der Waals surface area contributed by atoms with Crippen LogP contribution < -0.4 is 15.4 Å². The fourth-order valence-electron chi connectivity index (χ4n) is 2.83. The lowest BCUT2D eigenvalue weighted by atomic mass is 10.2. The maximum Gasteiger partial charge on any atom is 0.315 e. The molecule has 0 saturated carbocycles. The average molecular weight is 353 g/mol. The Morgan fingerprint density at radius 3 is 2.92 bits per heavy atom. The molecule has 1 aromatic carbocycles. The first-order chi connectivity index (χ1) is 12.7. The second-order valence-corrected chi connectivity index (χ2v) is 5.97. The predicted molar refractivity (Wildman–Crippen MR) is 100 cm³/mol. The maximum atomic E-state index is 11.9. The molecule has 2 N–H and O–H groups in total. The minimum Gasteiger partial charge on any atom is -0.481 e.